The number of hydrogen-bond acceptors (Lipinski definition) is 32. The number of methoxy groups -OCH3 is 1. The molecular weight excluding hydrogens is 1400 g/mol. The molecule has 0 aromatic heterocycles. The van der Waals surface area contributed by atoms with E-state index < -0.39 is 103 Å². The molecule has 0 spiro atoms. The molecule has 0 bridgehead atoms. The number of nitrogens with zero attached hydrogens (tertiary/aromatic N) is 4. The summed E-state index contributed by atoms with van der Waals surface area (Å²) in [6.45, 7) is -0.0977. The van der Waals surface area contributed by atoms with Crippen LogP contribution >= 0.6 is 64.8 Å². The Bertz CT molecular complexity index is 2890. The number of phenolic OH excluding ortho intramolecular Hbond substituents is 1. The second kappa shape index (κ2) is 37.7. The minimum atomic E-state index is -5.51. The number of halogens is 2. The molecule has 0 heterocycles. The Morgan fingerprint density at radius 2 is 1.28 bits per heavy atom. The normalized spacial score (nSPS) is 11.7. The number of aryl methyl sites for hydroxylation is 1. The summed E-state index contributed by atoms with van der Waals surface area (Å²) in [5.74, 6) is -2.67. The van der Waals surface area contributed by atoms with E-state index in [4.69, 9.17) is 14.7 Å². The number of nitrogens with two attached hydrogens (primary N) is 1. The van der Waals surface area contributed by atoms with E-state index in [1.807, 2.05) is 0 Å². The summed E-state index contributed by atoms with van der Waals surface area (Å²) in [5, 5.41) is 67.4. The number of anilines is 1. The Hall–Kier alpha value is 2.88. The average molecular weight is 1420 g/mol. The molecule has 0 saturated carbocycles. The van der Waals surface area contributed by atoms with Gasteiger partial charge in [-0.15, -0.1) is 24.8 Å². The summed E-state index contributed by atoms with van der Waals surface area (Å²) in [5.41, 5.74) is 3.72. The van der Waals surface area contributed by atoms with Crippen LogP contribution in [0.1, 0.15) is 5.56 Å². The van der Waals surface area contributed by atoms with Gasteiger partial charge >= 0.3 is 192 Å². The minimum Gasteiger partial charge on any atom is 1.00 e. The zero-order valence-electron chi connectivity index (χ0n) is 37.2. The molecule has 28 nitrogen and oxygen atoms in total. The van der Waals surface area contributed by atoms with Crippen LogP contribution < -0.4 is 190 Å². The maximum atomic E-state index is 13.0. The third-order valence-electron chi connectivity index (χ3n) is 7.62. The van der Waals surface area contributed by atoms with E-state index in [2.05, 4.69) is 81.2 Å². The molecule has 0 aliphatic carbocycles. The molecule has 0 fully saturated rings. The predicted octanol–water partition coefficient (Wildman–Crippen LogP) is -15.2. The second-order valence-electron chi connectivity index (χ2n) is 11.5. The molecule has 4 aromatic carbocycles. The molecule has 0 atom stereocenters. The first-order valence-corrected chi connectivity index (χ1v) is 33.9. The minimum absolute atomic E-state index is 0. The Labute approximate surface area is 552 Å². The summed E-state index contributed by atoms with van der Waals surface area (Å²) in [6, 6.07) is 6.74. The summed E-state index contributed by atoms with van der Waals surface area (Å²) in [4.78, 5) is -2.58. The van der Waals surface area contributed by atoms with Gasteiger partial charge in [-0.3, -0.25) is 23.5 Å². The van der Waals surface area contributed by atoms with Crippen molar-refractivity contribution in [1.29, 1.82) is 0 Å². The van der Waals surface area contributed by atoms with Gasteiger partial charge in [0.2, 0.25) is 10.4 Å². The Kier molecular flexibility index (Phi) is 41.5. The monoisotopic (exact) mass is 1420 g/mol. The number of ether oxygens (including phenoxy) is 1. The standard InChI is InChI=1S/C28H29N5O23S7.HI2S.5Na/c1-14-9-18(19(48-2)13-22(14)61(40,41)7-5-49-59-56-53-37)31-32-26-21(58-55-52-36)10-15-11-23(62(42,43)44)27(25(29)24(15)28(26)34)33-30-17-4-3-16(12-20(17)57-54-51-35)60(38,39)8-6-50-63(45,46)47;1-2-3;;;;;/h3-4,9-13,34-37H,5-8,29H2,1-2H3,(H,42,43,44)(H,45,46,47);3H;;;;;/q;-1;5*+1/p-5. The fraction of sp³-hybridized carbons (Fsp3) is 0.214. The zero-order chi connectivity index (χ0) is 49.5. The van der Waals surface area contributed by atoms with Crippen molar-refractivity contribution in [2.45, 2.75) is 31.4 Å². The first-order valence-electron chi connectivity index (χ1n) is 16.2. The molecule has 71 heavy (non-hydrogen) atoms. The summed E-state index contributed by atoms with van der Waals surface area (Å²) in [6.07, 6.45) is 0. The number of phenols is 1. The van der Waals surface area contributed by atoms with Crippen molar-refractivity contribution in [3.05, 3.63) is 48.0 Å². The summed E-state index contributed by atoms with van der Waals surface area (Å²) >= 11 is 2.83. The van der Waals surface area contributed by atoms with Crippen molar-refractivity contribution >= 4 is 144 Å². The molecule has 4 aromatic rings. The van der Waals surface area contributed by atoms with Crippen LogP contribution in [0.3, 0.4) is 0 Å². The molecular formula is C28H25I2N5Na5O23S8-. The number of azo groups is 2. The molecule has 43 heteroatoms. The van der Waals surface area contributed by atoms with E-state index in [0.717, 1.165) is 30.3 Å². The van der Waals surface area contributed by atoms with E-state index in [-0.39, 0.29) is 243 Å². The van der Waals surface area contributed by atoms with Gasteiger partial charge in [-0.2, -0.15) is 8.67 Å². The molecule has 0 amide bonds. The Morgan fingerprint density at radius 1 is 0.732 bits per heavy atom. The predicted molar refractivity (Wildman–Crippen MR) is 225 cm³/mol. The first-order chi connectivity index (χ1) is 31.0. The van der Waals surface area contributed by atoms with Gasteiger partial charge < -0.3 is 40.5 Å². The van der Waals surface area contributed by atoms with Crippen molar-refractivity contribution in [2.24, 2.45) is 20.5 Å². The smallest absolute Gasteiger partial charge is 1.00 e. The third-order valence-corrected chi connectivity index (χ3v) is 14.0. The largest absolute Gasteiger partial charge is 1.00 e. The van der Waals surface area contributed by atoms with Gasteiger partial charge in [-0.25, -0.2) is 33.7 Å². The van der Waals surface area contributed by atoms with Gasteiger partial charge in [0.25, 0.3) is 0 Å². The van der Waals surface area contributed by atoms with Crippen LogP contribution in [-0.4, -0.2) is 79.7 Å². The molecule has 368 valence electrons. The summed E-state index contributed by atoms with van der Waals surface area (Å²) < 4.78 is 148. The quantitative estimate of drug-likeness (QED) is 0.00501. The van der Waals surface area contributed by atoms with Crippen LogP contribution in [0, 0.1) is 6.92 Å². The van der Waals surface area contributed by atoms with Crippen LogP contribution in [0.25, 0.3) is 10.8 Å². The Balaban J connectivity index is -0.00000563. The number of fused-ring (bicyclic) bond motifs is 1. The Morgan fingerprint density at radius 3 is 1.83 bits per heavy atom. The molecule has 0 aliphatic rings. The first kappa shape index (κ1) is 78.1. The van der Waals surface area contributed by atoms with Crippen molar-refractivity contribution in [2.75, 3.05) is 37.6 Å². The average Bonchev–Trinajstić information content (AvgIpc) is 3.23. The number of thiol groups is 1. The van der Waals surface area contributed by atoms with Crippen molar-refractivity contribution in [3.8, 4) is 11.5 Å². The molecule has 0 saturated heterocycles. The number of hydrogen-bond donors (Lipinski definition) is 3. The number of sulfone groups is 2. The van der Waals surface area contributed by atoms with E-state index >= 15 is 0 Å². The van der Waals surface area contributed by atoms with Crippen LogP contribution in [0.4, 0.5) is 28.4 Å². The van der Waals surface area contributed by atoms with Gasteiger partial charge in [0.15, 0.2) is 37.7 Å². The van der Waals surface area contributed by atoms with E-state index in [9.17, 15) is 63.7 Å². The van der Waals surface area contributed by atoms with Gasteiger partial charge in [-0.05, 0) is 54.3 Å². The third kappa shape index (κ3) is 24.6. The zero-order valence-corrected chi connectivity index (χ0v) is 58.2. The van der Waals surface area contributed by atoms with Crippen molar-refractivity contribution < 1.29 is 269 Å². The van der Waals surface area contributed by atoms with Gasteiger partial charge in [0, 0.05) is 6.07 Å². The van der Waals surface area contributed by atoms with Crippen molar-refractivity contribution in [1.82, 2.24) is 0 Å². The van der Waals surface area contributed by atoms with Crippen LogP contribution in [0.5, 0.6) is 11.5 Å². The van der Waals surface area contributed by atoms with Crippen LogP contribution in [0.2, 0.25) is 0 Å². The molecule has 0 aliphatic heterocycles. The van der Waals surface area contributed by atoms with Crippen LogP contribution in [0.15, 0.2) is 87.4 Å². The molecule has 3 N–H and O–H groups in total. The number of benzene rings is 4. The van der Waals surface area contributed by atoms with E-state index in [1.165, 1.54) is 20.1 Å². The fourth-order valence-electron chi connectivity index (χ4n) is 5.02. The molecule has 0 unspecified atom stereocenters. The number of rotatable bonds is 24. The SMILES string of the molecule is COc1cc(S(=O)(=O)CCOSOO[O-])c(C)cc1N=Nc1c(SOO[O-])cc2cc(S(=O)(=O)[O-])c(N=Nc3ccc(S(=O)(=O)CCOS(=O)(=O)[O-])cc3SOO[O-])c(N)c2c1O.S[I-]I.[Na+].[Na+].[Na+].[Na+].[Na+]. The van der Waals surface area contributed by atoms with Crippen molar-refractivity contribution in [3.63, 3.8) is 0 Å². The van der Waals surface area contributed by atoms with E-state index in [0.29, 0.717) is 6.07 Å². The van der Waals surface area contributed by atoms with Gasteiger partial charge in [-0.1, -0.05) is 0 Å². The number of aromatic hydroxyl groups is 1. The number of nitrogen functional groups attached to an aromatic ring is 1. The molecule has 0 radical (unpaired) electrons. The molecule has 4 rings (SSSR count). The fourth-order valence-corrected chi connectivity index (χ4v) is 9.90. The topological polar surface area (TPSA) is 431 Å². The maximum absolute atomic E-state index is 13.0. The van der Waals surface area contributed by atoms with Gasteiger partial charge in [0.05, 0.1) is 91.5 Å². The van der Waals surface area contributed by atoms with E-state index in [1.54, 1.807) is 0 Å². The second-order valence-corrected chi connectivity index (χ2v) is 28.6. The van der Waals surface area contributed by atoms with Gasteiger partial charge in [0.1, 0.15) is 38.6 Å². The van der Waals surface area contributed by atoms with Crippen LogP contribution in [-0.2, 0) is 76.7 Å². The summed E-state index contributed by atoms with van der Waals surface area (Å²) in [7, 11) is -14.1. The maximum Gasteiger partial charge on any atom is 1.00 e.